The molecular formula is C32H37N3O2. The number of hydrogen-bond acceptors (Lipinski definition) is 3. The summed E-state index contributed by atoms with van der Waals surface area (Å²) in [5.74, 6) is 1.10. The zero-order valence-electron chi connectivity index (χ0n) is 21.6. The SMILES string of the molecule is Cc1nc2ccccc2n1Cc1ccc(C(C(=O)NC(CO)c2ccccc2)C2CCCCCC2)cc1. The Bertz CT molecular complexity index is 1310. The molecule has 37 heavy (non-hydrogen) atoms. The number of nitrogens with zero attached hydrogens (tertiary/aromatic N) is 2. The van der Waals surface area contributed by atoms with Crippen LogP contribution in [0, 0.1) is 12.8 Å². The highest BCUT2D eigenvalue weighted by Crippen LogP contribution is 2.36. The van der Waals surface area contributed by atoms with Crippen molar-refractivity contribution in [3.05, 3.63) is 101 Å². The second-order valence-electron chi connectivity index (χ2n) is 10.4. The molecule has 4 aromatic rings. The Morgan fingerprint density at radius 3 is 2.30 bits per heavy atom. The molecule has 1 fully saturated rings. The molecule has 192 valence electrons. The molecule has 1 saturated carbocycles. The van der Waals surface area contributed by atoms with Crippen molar-refractivity contribution < 1.29 is 9.90 Å². The minimum absolute atomic E-state index is 0.0130. The molecule has 1 aliphatic rings. The number of aliphatic hydroxyl groups is 1. The lowest BCUT2D eigenvalue weighted by atomic mass is 9.80. The summed E-state index contributed by atoms with van der Waals surface area (Å²) < 4.78 is 2.24. The van der Waals surface area contributed by atoms with E-state index in [0.717, 1.165) is 47.4 Å². The van der Waals surface area contributed by atoms with Gasteiger partial charge in [0, 0.05) is 6.54 Å². The molecule has 0 spiro atoms. The molecule has 0 bridgehead atoms. The number of aryl methyl sites for hydroxylation is 1. The predicted octanol–water partition coefficient (Wildman–Crippen LogP) is 6.30. The van der Waals surface area contributed by atoms with Gasteiger partial charge < -0.3 is 15.0 Å². The molecule has 1 aliphatic carbocycles. The minimum atomic E-state index is -0.404. The zero-order chi connectivity index (χ0) is 25.6. The highest BCUT2D eigenvalue weighted by molar-refractivity contribution is 5.84. The van der Waals surface area contributed by atoms with Crippen molar-refractivity contribution in [1.82, 2.24) is 14.9 Å². The summed E-state index contributed by atoms with van der Waals surface area (Å²) in [5.41, 5.74) is 5.32. The third kappa shape index (κ3) is 5.78. The molecule has 5 nitrogen and oxygen atoms in total. The van der Waals surface area contributed by atoms with Gasteiger partial charge in [0.1, 0.15) is 5.82 Å². The largest absolute Gasteiger partial charge is 0.394 e. The zero-order valence-corrected chi connectivity index (χ0v) is 21.6. The van der Waals surface area contributed by atoms with Crippen LogP contribution in [0.2, 0.25) is 0 Å². The van der Waals surface area contributed by atoms with E-state index >= 15 is 0 Å². The average molecular weight is 496 g/mol. The highest BCUT2D eigenvalue weighted by atomic mass is 16.3. The number of imidazole rings is 1. The van der Waals surface area contributed by atoms with Crippen LogP contribution in [0.3, 0.4) is 0 Å². The molecule has 0 aliphatic heterocycles. The first-order valence-electron chi connectivity index (χ1n) is 13.6. The number of carbonyl (C=O) groups is 1. The standard InChI is InChI=1S/C32H37N3O2/c1-23-33-28-15-9-10-16-30(28)35(23)21-24-17-19-27(20-18-24)31(26-13-5-2-3-6-14-26)32(37)34-29(22-36)25-11-7-4-8-12-25/h4,7-12,15-20,26,29,31,36H,2-3,5-6,13-14,21-22H2,1H3,(H,34,37). The first-order chi connectivity index (χ1) is 18.1. The van der Waals surface area contributed by atoms with Crippen molar-refractivity contribution in [1.29, 1.82) is 0 Å². The number of carbonyl (C=O) groups excluding carboxylic acids is 1. The Balaban J connectivity index is 1.40. The maximum atomic E-state index is 13.8. The molecule has 1 heterocycles. The maximum Gasteiger partial charge on any atom is 0.228 e. The molecule has 2 atom stereocenters. The molecule has 1 aromatic heterocycles. The van der Waals surface area contributed by atoms with Gasteiger partial charge in [-0.15, -0.1) is 0 Å². The van der Waals surface area contributed by atoms with Gasteiger partial charge in [-0.25, -0.2) is 4.98 Å². The van der Waals surface area contributed by atoms with Crippen molar-refractivity contribution in [2.75, 3.05) is 6.61 Å². The average Bonchev–Trinajstić information content (AvgIpc) is 3.07. The van der Waals surface area contributed by atoms with Crippen LogP contribution < -0.4 is 5.32 Å². The van der Waals surface area contributed by atoms with Gasteiger partial charge in [-0.3, -0.25) is 4.79 Å². The summed E-state index contributed by atoms with van der Waals surface area (Å²) >= 11 is 0. The molecule has 0 radical (unpaired) electrons. The molecular weight excluding hydrogens is 458 g/mol. The van der Waals surface area contributed by atoms with Crippen LogP contribution in [-0.4, -0.2) is 27.2 Å². The third-order valence-electron chi connectivity index (χ3n) is 7.88. The number of para-hydroxylation sites is 2. The van der Waals surface area contributed by atoms with E-state index in [1.807, 2.05) is 55.5 Å². The van der Waals surface area contributed by atoms with E-state index < -0.39 is 6.04 Å². The lowest BCUT2D eigenvalue weighted by molar-refractivity contribution is -0.125. The second-order valence-corrected chi connectivity index (χ2v) is 10.4. The van der Waals surface area contributed by atoms with Crippen LogP contribution in [0.25, 0.3) is 11.0 Å². The molecule has 5 heteroatoms. The van der Waals surface area contributed by atoms with E-state index in [4.69, 9.17) is 4.98 Å². The fourth-order valence-electron chi connectivity index (χ4n) is 5.87. The van der Waals surface area contributed by atoms with Crippen molar-refractivity contribution in [3.63, 3.8) is 0 Å². The summed E-state index contributed by atoms with van der Waals surface area (Å²) in [4.78, 5) is 18.5. The van der Waals surface area contributed by atoms with Gasteiger partial charge in [-0.2, -0.15) is 0 Å². The van der Waals surface area contributed by atoms with Gasteiger partial charge in [-0.05, 0) is 54.5 Å². The summed E-state index contributed by atoms with van der Waals surface area (Å²) in [6, 6.07) is 26.1. The Kier molecular flexibility index (Phi) is 8.00. The number of hydrogen-bond donors (Lipinski definition) is 2. The highest BCUT2D eigenvalue weighted by Gasteiger charge is 2.31. The van der Waals surface area contributed by atoms with Gasteiger partial charge in [-0.1, -0.05) is 92.4 Å². The quantitative estimate of drug-likeness (QED) is 0.282. The van der Waals surface area contributed by atoms with E-state index in [0.29, 0.717) is 5.92 Å². The van der Waals surface area contributed by atoms with Gasteiger partial charge in [0.05, 0.1) is 29.6 Å². The summed E-state index contributed by atoms with van der Waals surface area (Å²) in [6.07, 6.45) is 6.95. The lowest BCUT2D eigenvalue weighted by Crippen LogP contribution is -2.37. The van der Waals surface area contributed by atoms with Gasteiger partial charge >= 0.3 is 0 Å². The number of nitrogens with one attached hydrogen (secondary N) is 1. The third-order valence-corrected chi connectivity index (χ3v) is 7.88. The van der Waals surface area contributed by atoms with Crippen LogP contribution in [0.5, 0.6) is 0 Å². The van der Waals surface area contributed by atoms with E-state index in [2.05, 4.69) is 40.2 Å². The molecule has 5 rings (SSSR count). The summed E-state index contributed by atoms with van der Waals surface area (Å²) in [7, 11) is 0. The number of aromatic nitrogens is 2. The predicted molar refractivity (Wildman–Crippen MR) is 148 cm³/mol. The van der Waals surface area contributed by atoms with E-state index in [1.54, 1.807) is 0 Å². The van der Waals surface area contributed by atoms with Gasteiger partial charge in [0.25, 0.3) is 0 Å². The first kappa shape index (κ1) is 25.2. The van der Waals surface area contributed by atoms with Crippen LogP contribution >= 0.6 is 0 Å². The number of amides is 1. The van der Waals surface area contributed by atoms with Gasteiger partial charge in [0.2, 0.25) is 5.91 Å². The van der Waals surface area contributed by atoms with Crippen molar-refractivity contribution in [3.8, 4) is 0 Å². The maximum absolute atomic E-state index is 13.8. The Hall–Kier alpha value is -3.44. The Morgan fingerprint density at radius 2 is 1.59 bits per heavy atom. The van der Waals surface area contributed by atoms with Crippen LogP contribution in [0.1, 0.15) is 73.0 Å². The van der Waals surface area contributed by atoms with Crippen LogP contribution in [-0.2, 0) is 11.3 Å². The monoisotopic (exact) mass is 495 g/mol. The Morgan fingerprint density at radius 1 is 0.919 bits per heavy atom. The summed E-state index contributed by atoms with van der Waals surface area (Å²) in [5, 5.41) is 13.2. The molecule has 2 N–H and O–H groups in total. The van der Waals surface area contributed by atoms with Gasteiger partial charge in [0.15, 0.2) is 0 Å². The van der Waals surface area contributed by atoms with E-state index in [9.17, 15) is 9.90 Å². The molecule has 3 aromatic carbocycles. The molecule has 1 amide bonds. The van der Waals surface area contributed by atoms with Crippen molar-refractivity contribution >= 4 is 16.9 Å². The fourth-order valence-corrected chi connectivity index (χ4v) is 5.87. The number of fused-ring (bicyclic) bond motifs is 1. The van der Waals surface area contributed by atoms with Crippen LogP contribution in [0.15, 0.2) is 78.9 Å². The Labute approximate surface area is 219 Å². The van der Waals surface area contributed by atoms with Crippen LogP contribution in [0.4, 0.5) is 0 Å². The fraction of sp³-hybridized carbons (Fsp3) is 0.375. The van der Waals surface area contributed by atoms with E-state index in [1.165, 1.54) is 31.2 Å². The van der Waals surface area contributed by atoms with Crippen molar-refractivity contribution in [2.45, 2.75) is 64.0 Å². The van der Waals surface area contributed by atoms with Crippen molar-refractivity contribution in [2.24, 2.45) is 5.92 Å². The second kappa shape index (κ2) is 11.7. The normalized spacial score (nSPS) is 16.3. The number of benzene rings is 3. The number of rotatable bonds is 8. The lowest BCUT2D eigenvalue weighted by Gasteiger charge is -2.28. The smallest absolute Gasteiger partial charge is 0.228 e. The molecule has 0 saturated heterocycles. The first-order valence-corrected chi connectivity index (χ1v) is 13.6. The summed E-state index contributed by atoms with van der Waals surface area (Å²) in [6.45, 7) is 2.67. The number of aliphatic hydroxyl groups excluding tert-OH is 1. The van der Waals surface area contributed by atoms with E-state index in [-0.39, 0.29) is 18.4 Å². The minimum Gasteiger partial charge on any atom is -0.394 e. The topological polar surface area (TPSA) is 67.2 Å². The molecule has 2 unspecified atom stereocenters.